The fourth-order valence-electron chi connectivity index (χ4n) is 2.59. The summed E-state index contributed by atoms with van der Waals surface area (Å²) in [5.74, 6) is -0.266. The van der Waals surface area contributed by atoms with Gasteiger partial charge < -0.3 is 4.74 Å². The molecule has 6 heteroatoms. The average molecular weight is 419 g/mol. The van der Waals surface area contributed by atoms with E-state index in [1.54, 1.807) is 12.1 Å². The molecule has 2 N–H and O–H groups in total. The lowest BCUT2D eigenvalue weighted by atomic mass is 9.85. The topological polar surface area (TPSA) is 67.4 Å². The Hall–Kier alpha value is -2.34. The van der Waals surface area contributed by atoms with Gasteiger partial charge in [-0.2, -0.15) is 0 Å². The second kappa shape index (κ2) is 9.97. The Bertz CT molecular complexity index is 737. The first-order chi connectivity index (χ1) is 12.5. The first-order valence-electron chi connectivity index (χ1n) is 8.53. The van der Waals surface area contributed by atoms with Gasteiger partial charge in [-0.05, 0) is 29.7 Å². The van der Waals surface area contributed by atoms with Crippen molar-refractivity contribution < 1.29 is 14.3 Å². The van der Waals surface area contributed by atoms with Crippen LogP contribution in [0.5, 0.6) is 5.75 Å². The number of halogens is 1. The Labute approximate surface area is 162 Å². The average Bonchev–Trinajstić information content (AvgIpc) is 2.65. The molecule has 0 saturated heterocycles. The van der Waals surface area contributed by atoms with Crippen LogP contribution in [0, 0.1) is 5.92 Å². The second-order valence-corrected chi connectivity index (χ2v) is 6.97. The summed E-state index contributed by atoms with van der Waals surface area (Å²) in [6.07, 6.45) is 0.854. The van der Waals surface area contributed by atoms with E-state index >= 15 is 0 Å². The van der Waals surface area contributed by atoms with Crippen molar-refractivity contribution in [1.29, 1.82) is 0 Å². The van der Waals surface area contributed by atoms with Crippen molar-refractivity contribution in [3.8, 4) is 5.75 Å². The SMILES string of the molecule is CC[C@H](C)[C@H](C(=O)NNC(=O)COc1cccc(Br)c1)c1ccccc1. The molecule has 5 nitrogen and oxygen atoms in total. The van der Waals surface area contributed by atoms with Gasteiger partial charge in [-0.25, -0.2) is 0 Å². The van der Waals surface area contributed by atoms with Crippen LogP contribution in [0.1, 0.15) is 31.7 Å². The van der Waals surface area contributed by atoms with Gasteiger partial charge in [0.2, 0.25) is 5.91 Å². The van der Waals surface area contributed by atoms with Gasteiger partial charge in [-0.1, -0.05) is 72.6 Å². The van der Waals surface area contributed by atoms with E-state index in [2.05, 4.69) is 26.8 Å². The molecule has 0 heterocycles. The standard InChI is InChI=1S/C20H23BrN2O3/c1-3-14(2)19(15-8-5-4-6-9-15)20(25)23-22-18(24)13-26-17-11-7-10-16(21)12-17/h4-12,14,19H,3,13H2,1-2H3,(H,22,24)(H,23,25)/t14-,19-/m0/s1. The second-order valence-electron chi connectivity index (χ2n) is 6.06. The Morgan fingerprint density at radius 2 is 1.81 bits per heavy atom. The summed E-state index contributed by atoms with van der Waals surface area (Å²) in [4.78, 5) is 24.5. The molecule has 0 saturated carbocycles. The van der Waals surface area contributed by atoms with Crippen LogP contribution in [0.4, 0.5) is 0 Å². The van der Waals surface area contributed by atoms with Crippen molar-refractivity contribution in [2.75, 3.05) is 6.61 Å². The van der Waals surface area contributed by atoms with Crippen LogP contribution in [0.15, 0.2) is 59.1 Å². The predicted molar refractivity (Wildman–Crippen MR) is 105 cm³/mol. The number of benzene rings is 2. The fraction of sp³-hybridized carbons (Fsp3) is 0.300. The summed E-state index contributed by atoms with van der Waals surface area (Å²) in [7, 11) is 0. The van der Waals surface area contributed by atoms with Crippen molar-refractivity contribution in [3.05, 3.63) is 64.6 Å². The van der Waals surface area contributed by atoms with E-state index in [4.69, 9.17) is 4.74 Å². The predicted octanol–water partition coefficient (Wildman–Crippen LogP) is 3.81. The normalized spacial score (nSPS) is 12.7. The molecular formula is C20H23BrN2O3. The number of carbonyl (C=O) groups excluding carboxylic acids is 2. The van der Waals surface area contributed by atoms with Crippen LogP contribution >= 0.6 is 15.9 Å². The Balaban J connectivity index is 1.89. The molecule has 2 aromatic carbocycles. The van der Waals surface area contributed by atoms with Crippen molar-refractivity contribution in [2.24, 2.45) is 5.92 Å². The Kier molecular flexibility index (Phi) is 7.66. The number of carbonyl (C=O) groups is 2. The van der Waals surface area contributed by atoms with Gasteiger partial charge in [-0.3, -0.25) is 20.4 Å². The molecule has 2 rings (SSSR count). The third-order valence-corrected chi connectivity index (χ3v) is 4.64. The number of rotatable bonds is 7. The zero-order valence-corrected chi connectivity index (χ0v) is 16.5. The highest BCUT2D eigenvalue weighted by Gasteiger charge is 2.26. The van der Waals surface area contributed by atoms with Crippen LogP contribution in [0.3, 0.4) is 0 Å². The molecule has 2 amide bonds. The smallest absolute Gasteiger partial charge is 0.276 e. The van der Waals surface area contributed by atoms with Crippen LogP contribution < -0.4 is 15.6 Å². The molecule has 0 bridgehead atoms. The molecule has 0 aliphatic heterocycles. The van der Waals surface area contributed by atoms with E-state index in [0.29, 0.717) is 5.75 Å². The quantitative estimate of drug-likeness (QED) is 0.671. The molecule has 0 aliphatic rings. The Morgan fingerprint density at radius 1 is 1.08 bits per heavy atom. The summed E-state index contributed by atoms with van der Waals surface area (Å²) in [5.41, 5.74) is 5.87. The molecule has 0 radical (unpaired) electrons. The van der Waals surface area contributed by atoms with Crippen molar-refractivity contribution in [2.45, 2.75) is 26.2 Å². The number of amides is 2. The largest absolute Gasteiger partial charge is 0.484 e. The molecule has 0 fully saturated rings. The highest BCUT2D eigenvalue weighted by Crippen LogP contribution is 2.26. The van der Waals surface area contributed by atoms with Crippen molar-refractivity contribution >= 4 is 27.7 Å². The summed E-state index contributed by atoms with van der Waals surface area (Å²) < 4.78 is 6.27. The van der Waals surface area contributed by atoms with Gasteiger partial charge >= 0.3 is 0 Å². The lowest BCUT2D eigenvalue weighted by Gasteiger charge is -2.22. The van der Waals surface area contributed by atoms with Gasteiger partial charge in [0.25, 0.3) is 5.91 Å². The number of hydrogen-bond acceptors (Lipinski definition) is 3. The highest BCUT2D eigenvalue weighted by atomic mass is 79.9. The van der Waals surface area contributed by atoms with Gasteiger partial charge in [0.15, 0.2) is 6.61 Å². The summed E-state index contributed by atoms with van der Waals surface area (Å²) in [6, 6.07) is 16.8. The van der Waals surface area contributed by atoms with Crippen LogP contribution in [-0.2, 0) is 9.59 Å². The monoisotopic (exact) mass is 418 g/mol. The van der Waals surface area contributed by atoms with Gasteiger partial charge in [0, 0.05) is 4.47 Å². The molecule has 0 aliphatic carbocycles. The maximum Gasteiger partial charge on any atom is 0.276 e. The zero-order valence-electron chi connectivity index (χ0n) is 14.9. The summed E-state index contributed by atoms with van der Waals surface area (Å²) in [6.45, 7) is 3.88. The fourth-order valence-corrected chi connectivity index (χ4v) is 2.96. The third-order valence-electron chi connectivity index (χ3n) is 4.15. The zero-order chi connectivity index (χ0) is 18.9. The highest BCUT2D eigenvalue weighted by molar-refractivity contribution is 9.10. The maximum atomic E-state index is 12.6. The molecular weight excluding hydrogens is 396 g/mol. The minimum Gasteiger partial charge on any atom is -0.484 e. The number of hydrazine groups is 1. The first kappa shape index (κ1) is 20.0. The van der Waals surface area contributed by atoms with E-state index < -0.39 is 5.91 Å². The van der Waals surface area contributed by atoms with Crippen LogP contribution in [-0.4, -0.2) is 18.4 Å². The van der Waals surface area contributed by atoms with E-state index in [-0.39, 0.29) is 24.3 Å². The molecule has 0 spiro atoms. The van der Waals surface area contributed by atoms with E-state index in [9.17, 15) is 9.59 Å². The first-order valence-corrected chi connectivity index (χ1v) is 9.32. The van der Waals surface area contributed by atoms with E-state index in [1.165, 1.54) is 0 Å². The van der Waals surface area contributed by atoms with Crippen molar-refractivity contribution in [3.63, 3.8) is 0 Å². The summed E-state index contributed by atoms with van der Waals surface area (Å²) in [5, 5.41) is 0. The third kappa shape index (κ3) is 5.88. The lowest BCUT2D eigenvalue weighted by molar-refractivity contribution is -0.131. The number of ether oxygens (including phenoxy) is 1. The Morgan fingerprint density at radius 3 is 2.46 bits per heavy atom. The molecule has 0 aromatic heterocycles. The van der Waals surface area contributed by atoms with Gasteiger partial charge in [0.1, 0.15) is 5.75 Å². The summed E-state index contributed by atoms with van der Waals surface area (Å²) >= 11 is 3.34. The van der Waals surface area contributed by atoms with Crippen LogP contribution in [0.2, 0.25) is 0 Å². The molecule has 138 valence electrons. The number of hydrogen-bond donors (Lipinski definition) is 2. The maximum absolute atomic E-state index is 12.6. The van der Waals surface area contributed by atoms with Crippen LogP contribution in [0.25, 0.3) is 0 Å². The van der Waals surface area contributed by atoms with Gasteiger partial charge in [0.05, 0.1) is 5.92 Å². The number of nitrogens with one attached hydrogen (secondary N) is 2. The van der Waals surface area contributed by atoms with E-state index in [0.717, 1.165) is 16.5 Å². The minimum absolute atomic E-state index is 0.146. The van der Waals surface area contributed by atoms with Gasteiger partial charge in [-0.15, -0.1) is 0 Å². The molecule has 0 unspecified atom stereocenters. The molecule has 26 heavy (non-hydrogen) atoms. The van der Waals surface area contributed by atoms with Crippen molar-refractivity contribution in [1.82, 2.24) is 10.9 Å². The molecule has 2 aromatic rings. The van der Waals surface area contributed by atoms with E-state index in [1.807, 2.05) is 56.3 Å². The lowest BCUT2D eigenvalue weighted by Crippen LogP contribution is -2.46. The molecule has 2 atom stereocenters. The minimum atomic E-state index is -0.422.